The molecule has 8 nitrogen and oxygen atoms in total. The quantitative estimate of drug-likeness (QED) is 0.474. The standard InChI is InChI=1S/C22H20ClN3O5S/c1-14-6-9-17(10-7-14)26-32(29,30)18-5-3-4-15(12-18)21(27)24-25-22(28)19-13-16(23)8-11-20(19)31-2/h3-13,26H,1-2H3,(H,24,27)(H,25,28). The van der Waals surface area contributed by atoms with Crippen molar-refractivity contribution in [2.24, 2.45) is 0 Å². The summed E-state index contributed by atoms with van der Waals surface area (Å²) in [5, 5.41) is 0.321. The maximum absolute atomic E-state index is 12.7. The molecular weight excluding hydrogens is 454 g/mol. The van der Waals surface area contributed by atoms with E-state index in [4.69, 9.17) is 16.3 Å². The van der Waals surface area contributed by atoms with Gasteiger partial charge in [-0.05, 0) is 55.5 Å². The van der Waals surface area contributed by atoms with E-state index in [2.05, 4.69) is 15.6 Å². The van der Waals surface area contributed by atoms with Crippen LogP contribution in [0.2, 0.25) is 5.02 Å². The summed E-state index contributed by atoms with van der Waals surface area (Å²) in [6.07, 6.45) is 0. The van der Waals surface area contributed by atoms with Crippen LogP contribution in [0, 0.1) is 6.92 Å². The molecule has 166 valence electrons. The van der Waals surface area contributed by atoms with Gasteiger partial charge in [-0.25, -0.2) is 8.42 Å². The predicted molar refractivity (Wildman–Crippen MR) is 121 cm³/mol. The topological polar surface area (TPSA) is 114 Å². The smallest absolute Gasteiger partial charge is 0.273 e. The van der Waals surface area contributed by atoms with Gasteiger partial charge in [0.1, 0.15) is 5.75 Å². The van der Waals surface area contributed by atoms with E-state index in [1.165, 1.54) is 43.5 Å². The van der Waals surface area contributed by atoms with Crippen molar-refractivity contribution in [3.63, 3.8) is 0 Å². The number of methoxy groups -OCH3 is 1. The zero-order chi connectivity index (χ0) is 23.3. The lowest BCUT2D eigenvalue weighted by molar-refractivity contribution is 0.0845. The van der Waals surface area contributed by atoms with E-state index in [-0.39, 0.29) is 21.8 Å². The number of sulfonamides is 1. The third-order valence-electron chi connectivity index (χ3n) is 4.41. The molecule has 0 fully saturated rings. The van der Waals surface area contributed by atoms with Crippen LogP contribution < -0.4 is 20.3 Å². The number of rotatable bonds is 6. The third kappa shape index (κ3) is 5.57. The van der Waals surface area contributed by atoms with Crippen molar-refractivity contribution in [1.82, 2.24) is 10.9 Å². The predicted octanol–water partition coefficient (Wildman–Crippen LogP) is 3.53. The van der Waals surface area contributed by atoms with Gasteiger partial charge in [0.2, 0.25) is 0 Å². The van der Waals surface area contributed by atoms with Crippen LogP contribution in [0.5, 0.6) is 5.75 Å². The fourth-order valence-electron chi connectivity index (χ4n) is 2.75. The van der Waals surface area contributed by atoms with Gasteiger partial charge in [-0.15, -0.1) is 0 Å². The number of carbonyl (C=O) groups is 2. The van der Waals surface area contributed by atoms with Crippen molar-refractivity contribution < 1.29 is 22.7 Å². The van der Waals surface area contributed by atoms with Crippen LogP contribution in [0.1, 0.15) is 26.3 Å². The molecule has 0 spiro atoms. The molecule has 0 saturated carbocycles. The molecule has 0 atom stereocenters. The Morgan fingerprint density at radius 2 is 1.59 bits per heavy atom. The summed E-state index contributed by atoms with van der Waals surface area (Å²) in [6, 6.07) is 16.7. The summed E-state index contributed by atoms with van der Waals surface area (Å²) >= 11 is 5.92. The normalized spacial score (nSPS) is 10.8. The molecule has 2 amide bonds. The number of ether oxygens (including phenoxy) is 1. The largest absolute Gasteiger partial charge is 0.496 e. The maximum atomic E-state index is 12.7. The first kappa shape index (κ1) is 23.1. The Balaban J connectivity index is 1.72. The molecule has 3 N–H and O–H groups in total. The Morgan fingerprint density at radius 1 is 0.906 bits per heavy atom. The van der Waals surface area contributed by atoms with E-state index in [0.717, 1.165) is 5.56 Å². The van der Waals surface area contributed by atoms with Crippen molar-refractivity contribution in [1.29, 1.82) is 0 Å². The minimum atomic E-state index is -3.92. The highest BCUT2D eigenvalue weighted by molar-refractivity contribution is 7.92. The first-order valence-electron chi connectivity index (χ1n) is 9.33. The summed E-state index contributed by atoms with van der Waals surface area (Å²) in [7, 11) is -2.52. The zero-order valence-corrected chi connectivity index (χ0v) is 18.8. The highest BCUT2D eigenvalue weighted by atomic mass is 35.5. The molecule has 0 aliphatic carbocycles. The monoisotopic (exact) mass is 473 g/mol. The molecule has 0 aliphatic rings. The second-order valence-electron chi connectivity index (χ2n) is 6.75. The van der Waals surface area contributed by atoms with Crippen molar-refractivity contribution in [3.8, 4) is 5.75 Å². The summed E-state index contributed by atoms with van der Waals surface area (Å²) < 4.78 is 32.9. The number of carbonyl (C=O) groups excluding carboxylic acids is 2. The van der Waals surface area contributed by atoms with Crippen molar-refractivity contribution >= 4 is 39.1 Å². The molecule has 0 bridgehead atoms. The van der Waals surface area contributed by atoms with Gasteiger partial charge in [-0.3, -0.25) is 25.2 Å². The van der Waals surface area contributed by atoms with Gasteiger partial charge in [-0.1, -0.05) is 35.4 Å². The Hall–Kier alpha value is -3.56. The Kier molecular flexibility index (Phi) is 7.01. The Labute approximate surface area is 190 Å². The van der Waals surface area contributed by atoms with Gasteiger partial charge < -0.3 is 4.74 Å². The van der Waals surface area contributed by atoms with Crippen LogP contribution in [0.25, 0.3) is 0 Å². The van der Waals surface area contributed by atoms with Crippen LogP contribution in [-0.2, 0) is 10.0 Å². The molecule has 0 aliphatic heterocycles. The van der Waals surface area contributed by atoms with Gasteiger partial charge in [0.25, 0.3) is 21.8 Å². The van der Waals surface area contributed by atoms with Crippen molar-refractivity contribution in [3.05, 3.63) is 88.4 Å². The number of aryl methyl sites for hydroxylation is 1. The molecule has 3 aromatic carbocycles. The van der Waals surface area contributed by atoms with Crippen LogP contribution in [0.15, 0.2) is 71.6 Å². The summed E-state index contributed by atoms with van der Waals surface area (Å²) in [6.45, 7) is 1.89. The Morgan fingerprint density at radius 3 is 2.28 bits per heavy atom. The van der Waals surface area contributed by atoms with Crippen molar-refractivity contribution in [2.75, 3.05) is 11.8 Å². The van der Waals surface area contributed by atoms with Gasteiger partial charge in [-0.2, -0.15) is 0 Å². The lowest BCUT2D eigenvalue weighted by Gasteiger charge is -2.12. The molecule has 0 saturated heterocycles. The van der Waals surface area contributed by atoms with E-state index in [9.17, 15) is 18.0 Å². The van der Waals surface area contributed by atoms with Gasteiger partial charge in [0.15, 0.2) is 0 Å². The summed E-state index contributed by atoms with van der Waals surface area (Å²) in [5.74, 6) is -1.08. The molecule has 0 unspecified atom stereocenters. The third-order valence-corrected chi connectivity index (χ3v) is 6.02. The lowest BCUT2D eigenvalue weighted by Crippen LogP contribution is -2.41. The van der Waals surface area contributed by atoms with Crippen LogP contribution >= 0.6 is 11.6 Å². The first-order chi connectivity index (χ1) is 15.2. The molecule has 0 heterocycles. The number of nitrogens with one attached hydrogen (secondary N) is 3. The van der Waals surface area contributed by atoms with E-state index in [0.29, 0.717) is 10.7 Å². The zero-order valence-electron chi connectivity index (χ0n) is 17.2. The van der Waals surface area contributed by atoms with Gasteiger partial charge >= 0.3 is 0 Å². The number of hydrogen-bond donors (Lipinski definition) is 3. The van der Waals surface area contributed by atoms with E-state index in [1.54, 1.807) is 30.3 Å². The number of amides is 2. The fraction of sp³-hybridized carbons (Fsp3) is 0.0909. The molecule has 0 radical (unpaired) electrons. The second kappa shape index (κ2) is 9.71. The number of anilines is 1. The average molecular weight is 474 g/mol. The number of hydrazine groups is 1. The maximum Gasteiger partial charge on any atom is 0.273 e. The van der Waals surface area contributed by atoms with Crippen LogP contribution in [0.4, 0.5) is 5.69 Å². The number of halogens is 1. The fourth-order valence-corrected chi connectivity index (χ4v) is 4.03. The molecule has 0 aromatic heterocycles. The SMILES string of the molecule is COc1ccc(Cl)cc1C(=O)NNC(=O)c1cccc(S(=O)(=O)Nc2ccc(C)cc2)c1. The summed E-state index contributed by atoms with van der Waals surface area (Å²) in [5.41, 5.74) is 6.06. The van der Waals surface area contributed by atoms with E-state index in [1.807, 2.05) is 6.92 Å². The highest BCUT2D eigenvalue weighted by Gasteiger charge is 2.18. The first-order valence-corrected chi connectivity index (χ1v) is 11.2. The summed E-state index contributed by atoms with van der Waals surface area (Å²) in [4.78, 5) is 24.8. The lowest BCUT2D eigenvalue weighted by atomic mass is 10.2. The van der Waals surface area contributed by atoms with Gasteiger partial charge in [0, 0.05) is 16.3 Å². The number of hydrogen-bond acceptors (Lipinski definition) is 5. The molecule has 3 rings (SSSR count). The molecular formula is C22H20ClN3O5S. The van der Waals surface area contributed by atoms with E-state index < -0.39 is 21.8 Å². The minimum Gasteiger partial charge on any atom is -0.496 e. The molecule has 3 aromatic rings. The average Bonchev–Trinajstić information content (AvgIpc) is 2.78. The second-order valence-corrected chi connectivity index (χ2v) is 8.87. The van der Waals surface area contributed by atoms with E-state index >= 15 is 0 Å². The molecule has 32 heavy (non-hydrogen) atoms. The van der Waals surface area contributed by atoms with Crippen molar-refractivity contribution in [2.45, 2.75) is 11.8 Å². The Bertz CT molecular complexity index is 1260. The van der Waals surface area contributed by atoms with Gasteiger partial charge in [0.05, 0.1) is 17.6 Å². The highest BCUT2D eigenvalue weighted by Crippen LogP contribution is 2.22. The number of benzene rings is 3. The van der Waals surface area contributed by atoms with Crippen LogP contribution in [-0.4, -0.2) is 27.3 Å². The minimum absolute atomic E-state index is 0.0372. The van der Waals surface area contributed by atoms with Crippen LogP contribution in [0.3, 0.4) is 0 Å². The molecule has 10 heteroatoms.